The predicted octanol–water partition coefficient (Wildman–Crippen LogP) is 4.27. The third kappa shape index (κ3) is 2.42. The average Bonchev–Trinajstić information content (AvgIpc) is 3.33. The molecule has 5 rings (SSSR count). The summed E-state index contributed by atoms with van der Waals surface area (Å²) in [7, 11) is 0. The second kappa shape index (κ2) is 6.36. The molecule has 140 valence electrons. The van der Waals surface area contributed by atoms with Gasteiger partial charge in [0, 0.05) is 11.8 Å². The maximum Gasteiger partial charge on any atom is 0.238 e. The maximum atomic E-state index is 13.2. The van der Waals surface area contributed by atoms with E-state index in [4.69, 9.17) is 4.74 Å². The van der Waals surface area contributed by atoms with Gasteiger partial charge in [-0.25, -0.2) is 4.90 Å². The van der Waals surface area contributed by atoms with Crippen LogP contribution in [0.3, 0.4) is 0 Å². The lowest BCUT2D eigenvalue weighted by Crippen LogP contribution is -2.33. The fraction of sp³-hybridized carbons (Fsp3) is 0.478. The molecule has 1 aliphatic heterocycles. The number of rotatable bonds is 3. The smallest absolute Gasteiger partial charge is 0.238 e. The van der Waals surface area contributed by atoms with Crippen LogP contribution in [0.2, 0.25) is 0 Å². The number of ether oxygens (including phenoxy) is 1. The van der Waals surface area contributed by atoms with Gasteiger partial charge in [-0.05, 0) is 56.9 Å². The molecule has 0 spiro atoms. The summed E-state index contributed by atoms with van der Waals surface area (Å²) < 4.78 is 5.47. The zero-order valence-corrected chi connectivity index (χ0v) is 15.7. The van der Waals surface area contributed by atoms with Crippen LogP contribution >= 0.6 is 0 Å². The van der Waals surface area contributed by atoms with Gasteiger partial charge in [0.1, 0.15) is 5.75 Å². The second-order valence-corrected chi connectivity index (χ2v) is 8.05. The Kier molecular flexibility index (Phi) is 3.96. The molecular formula is C23H25NO3. The number of hydrogen-bond donors (Lipinski definition) is 0. The molecule has 0 unspecified atom stereocenters. The normalized spacial score (nSPS) is 31.8. The molecule has 4 aliphatic rings. The molecule has 2 amide bonds. The quantitative estimate of drug-likeness (QED) is 0.595. The number of carbonyl (C=O) groups is 2. The summed E-state index contributed by atoms with van der Waals surface area (Å²) >= 11 is 0. The highest BCUT2D eigenvalue weighted by Gasteiger charge is 2.62. The number of anilines is 1. The summed E-state index contributed by atoms with van der Waals surface area (Å²) in [5, 5.41) is 0. The topological polar surface area (TPSA) is 46.6 Å². The lowest BCUT2D eigenvalue weighted by atomic mass is 9.85. The van der Waals surface area contributed by atoms with Crippen molar-refractivity contribution in [2.75, 3.05) is 11.5 Å². The van der Waals surface area contributed by atoms with Crippen molar-refractivity contribution in [1.82, 2.24) is 0 Å². The molecule has 2 bridgehead atoms. The lowest BCUT2D eigenvalue weighted by Gasteiger charge is -2.23. The summed E-state index contributed by atoms with van der Waals surface area (Å²) in [5.41, 5.74) is 3.61. The van der Waals surface area contributed by atoms with Gasteiger partial charge in [0.05, 0.1) is 24.1 Å². The Morgan fingerprint density at radius 3 is 2.07 bits per heavy atom. The molecule has 1 heterocycles. The van der Waals surface area contributed by atoms with E-state index in [9.17, 15) is 9.59 Å². The summed E-state index contributed by atoms with van der Waals surface area (Å²) in [6.07, 6.45) is 10.5. The first-order valence-electron chi connectivity index (χ1n) is 10.2. The minimum absolute atomic E-state index is 0.0279. The van der Waals surface area contributed by atoms with Crippen LogP contribution in [0.1, 0.15) is 39.0 Å². The Labute approximate surface area is 159 Å². The van der Waals surface area contributed by atoms with Gasteiger partial charge in [0.15, 0.2) is 0 Å². The molecule has 1 aromatic carbocycles. The van der Waals surface area contributed by atoms with Crippen molar-refractivity contribution in [2.24, 2.45) is 23.7 Å². The van der Waals surface area contributed by atoms with E-state index >= 15 is 0 Å². The number of benzene rings is 1. The van der Waals surface area contributed by atoms with Gasteiger partial charge in [-0.3, -0.25) is 9.59 Å². The summed E-state index contributed by atoms with van der Waals surface area (Å²) in [6.45, 7) is 2.53. The van der Waals surface area contributed by atoms with Crippen molar-refractivity contribution in [2.45, 2.75) is 39.0 Å². The maximum absolute atomic E-state index is 13.2. The van der Waals surface area contributed by atoms with Gasteiger partial charge in [-0.2, -0.15) is 0 Å². The van der Waals surface area contributed by atoms with Gasteiger partial charge >= 0.3 is 0 Å². The number of allylic oxidation sites excluding steroid dienone is 4. The number of fused-ring (bicyclic) bond motifs is 5. The molecule has 3 fully saturated rings. The molecule has 1 saturated heterocycles. The third-order valence-electron chi connectivity index (χ3n) is 6.69. The van der Waals surface area contributed by atoms with Crippen LogP contribution in [0, 0.1) is 23.7 Å². The molecule has 4 heteroatoms. The van der Waals surface area contributed by atoms with E-state index in [1.54, 1.807) is 0 Å². The fourth-order valence-corrected chi connectivity index (χ4v) is 5.61. The summed E-state index contributed by atoms with van der Waals surface area (Å²) in [6, 6.07) is 7.29. The number of carbonyl (C=O) groups excluding carboxylic acids is 2. The van der Waals surface area contributed by atoms with Crippen molar-refractivity contribution < 1.29 is 14.3 Å². The minimum Gasteiger partial charge on any atom is -0.494 e. The molecule has 0 aromatic heterocycles. The van der Waals surface area contributed by atoms with E-state index < -0.39 is 0 Å². The predicted molar refractivity (Wildman–Crippen MR) is 103 cm³/mol. The van der Waals surface area contributed by atoms with Crippen molar-refractivity contribution in [3.8, 4) is 5.75 Å². The molecule has 0 radical (unpaired) electrons. The van der Waals surface area contributed by atoms with Crippen LogP contribution in [0.15, 0.2) is 47.6 Å². The van der Waals surface area contributed by atoms with Crippen LogP contribution < -0.4 is 9.64 Å². The summed E-state index contributed by atoms with van der Waals surface area (Å²) in [4.78, 5) is 27.9. The van der Waals surface area contributed by atoms with Crippen LogP contribution in [0.25, 0.3) is 0 Å². The van der Waals surface area contributed by atoms with Gasteiger partial charge < -0.3 is 4.74 Å². The standard InChI is InChI=1S/C23H25NO3/c1-2-27-16-10-8-15(9-11-16)24-22(25)20-17-12-13-18(21(20)23(24)26)19(17)14-6-4-3-5-7-14/h8-13,17-18,20-21H,2-7H2,1H3/t17-,18-,20+,21+/m0/s1. The van der Waals surface area contributed by atoms with Crippen molar-refractivity contribution >= 4 is 17.5 Å². The molecule has 4 atom stereocenters. The molecule has 4 nitrogen and oxygen atoms in total. The number of imide groups is 1. The number of amides is 2. The van der Waals surface area contributed by atoms with Crippen LogP contribution in [-0.2, 0) is 9.59 Å². The monoisotopic (exact) mass is 363 g/mol. The van der Waals surface area contributed by atoms with Crippen LogP contribution in [0.4, 0.5) is 5.69 Å². The lowest BCUT2D eigenvalue weighted by molar-refractivity contribution is -0.122. The average molecular weight is 363 g/mol. The first kappa shape index (κ1) is 16.8. The molecule has 3 aliphatic carbocycles. The molecular weight excluding hydrogens is 338 g/mol. The zero-order chi connectivity index (χ0) is 18.5. The Bertz CT molecular complexity index is 809. The van der Waals surface area contributed by atoms with E-state index in [-0.39, 0.29) is 35.5 Å². The van der Waals surface area contributed by atoms with E-state index in [2.05, 4.69) is 12.2 Å². The van der Waals surface area contributed by atoms with Crippen molar-refractivity contribution in [3.05, 3.63) is 47.6 Å². The minimum atomic E-state index is -0.205. The van der Waals surface area contributed by atoms with Crippen LogP contribution in [-0.4, -0.2) is 18.4 Å². The highest BCUT2D eigenvalue weighted by Crippen LogP contribution is 2.58. The first-order valence-corrected chi connectivity index (χ1v) is 10.2. The Hall–Kier alpha value is -2.36. The highest BCUT2D eigenvalue weighted by molar-refractivity contribution is 6.23. The Morgan fingerprint density at radius 1 is 0.926 bits per heavy atom. The van der Waals surface area contributed by atoms with E-state index in [1.165, 1.54) is 35.3 Å². The second-order valence-electron chi connectivity index (χ2n) is 8.05. The zero-order valence-electron chi connectivity index (χ0n) is 15.7. The molecule has 0 N–H and O–H groups in total. The largest absolute Gasteiger partial charge is 0.494 e. The third-order valence-corrected chi connectivity index (χ3v) is 6.69. The Morgan fingerprint density at radius 2 is 1.52 bits per heavy atom. The highest BCUT2D eigenvalue weighted by atomic mass is 16.5. The molecule has 1 aromatic rings. The molecule has 2 saturated carbocycles. The van der Waals surface area contributed by atoms with Crippen LogP contribution in [0.5, 0.6) is 5.75 Å². The molecule has 27 heavy (non-hydrogen) atoms. The summed E-state index contributed by atoms with van der Waals surface area (Å²) in [5.74, 6) is 0.563. The number of nitrogens with zero attached hydrogens (tertiary/aromatic N) is 1. The number of hydrogen-bond acceptors (Lipinski definition) is 3. The fourth-order valence-electron chi connectivity index (χ4n) is 5.61. The SMILES string of the molecule is CCOc1ccc(N2C(=O)[C@H]3[C@H](C2=O)[C@H]2C=C[C@H]3C2=C2CCCCC2)cc1. The van der Waals surface area contributed by atoms with Crippen molar-refractivity contribution in [3.63, 3.8) is 0 Å². The van der Waals surface area contributed by atoms with Crippen molar-refractivity contribution in [1.29, 1.82) is 0 Å². The van der Waals surface area contributed by atoms with Gasteiger partial charge in [0.25, 0.3) is 0 Å². The Balaban J connectivity index is 1.46. The van der Waals surface area contributed by atoms with Gasteiger partial charge in [0.2, 0.25) is 11.8 Å². The van der Waals surface area contributed by atoms with E-state index in [0.29, 0.717) is 12.3 Å². The van der Waals surface area contributed by atoms with Gasteiger partial charge in [-0.15, -0.1) is 0 Å². The van der Waals surface area contributed by atoms with E-state index in [0.717, 1.165) is 18.6 Å². The first-order chi connectivity index (χ1) is 13.2. The van der Waals surface area contributed by atoms with Gasteiger partial charge in [-0.1, -0.05) is 29.7 Å². The van der Waals surface area contributed by atoms with E-state index in [1.807, 2.05) is 31.2 Å².